The van der Waals surface area contributed by atoms with E-state index < -0.39 is 10.2 Å². The fraction of sp³-hybridized carbons (Fsp3) is 1.00. The van der Waals surface area contributed by atoms with Gasteiger partial charge >= 0.3 is 0 Å². The Hall–Kier alpha value is -0.210. The van der Waals surface area contributed by atoms with Gasteiger partial charge in [-0.25, -0.2) is 0 Å². The van der Waals surface area contributed by atoms with E-state index >= 15 is 0 Å². The van der Waals surface area contributed by atoms with Gasteiger partial charge in [0.05, 0.1) is 6.61 Å². The summed E-state index contributed by atoms with van der Waals surface area (Å²) in [6.07, 6.45) is 2.58. The molecule has 0 aromatic rings. The van der Waals surface area contributed by atoms with E-state index in [2.05, 4.69) is 17.0 Å². The average molecular weight is 307 g/mol. The van der Waals surface area contributed by atoms with Crippen LogP contribution in [0, 0.1) is 5.92 Å². The Kier molecular flexibility index (Phi) is 7.98. The molecule has 1 saturated heterocycles. The van der Waals surface area contributed by atoms with Crippen molar-refractivity contribution in [1.29, 1.82) is 0 Å². The number of hydrogen-bond donors (Lipinski definition) is 2. The Morgan fingerprint density at radius 3 is 2.45 bits per heavy atom. The maximum absolute atomic E-state index is 12.3. The van der Waals surface area contributed by atoms with E-state index in [1.807, 2.05) is 6.92 Å². The Bertz CT molecular complexity index is 354. The molecule has 1 heterocycles. The van der Waals surface area contributed by atoms with Crippen molar-refractivity contribution in [3.05, 3.63) is 0 Å². The van der Waals surface area contributed by atoms with Crippen molar-refractivity contribution in [3.8, 4) is 0 Å². The van der Waals surface area contributed by atoms with Gasteiger partial charge in [-0.3, -0.25) is 0 Å². The van der Waals surface area contributed by atoms with Crippen molar-refractivity contribution in [3.63, 3.8) is 0 Å². The SMILES string of the molecule is CCNCC1CCN(S(=O)(=O)NC(CC)COC)CC1. The van der Waals surface area contributed by atoms with E-state index in [1.54, 1.807) is 11.4 Å². The lowest BCUT2D eigenvalue weighted by Gasteiger charge is -2.32. The van der Waals surface area contributed by atoms with Crippen LogP contribution in [0.25, 0.3) is 0 Å². The van der Waals surface area contributed by atoms with Crippen LogP contribution < -0.4 is 10.0 Å². The minimum absolute atomic E-state index is 0.149. The van der Waals surface area contributed by atoms with E-state index in [0.29, 0.717) is 25.6 Å². The van der Waals surface area contributed by atoms with E-state index in [9.17, 15) is 8.42 Å². The Morgan fingerprint density at radius 1 is 1.30 bits per heavy atom. The highest BCUT2D eigenvalue weighted by molar-refractivity contribution is 7.87. The van der Waals surface area contributed by atoms with Gasteiger partial charge in [0, 0.05) is 26.2 Å². The molecule has 0 aromatic heterocycles. The first-order chi connectivity index (χ1) is 9.53. The number of hydrogen-bond acceptors (Lipinski definition) is 4. The summed E-state index contributed by atoms with van der Waals surface area (Å²) >= 11 is 0. The molecule has 7 heteroatoms. The van der Waals surface area contributed by atoms with Crippen LogP contribution in [-0.2, 0) is 14.9 Å². The number of methoxy groups -OCH3 is 1. The smallest absolute Gasteiger partial charge is 0.279 e. The zero-order valence-corrected chi connectivity index (χ0v) is 13.7. The number of nitrogens with one attached hydrogen (secondary N) is 2. The van der Waals surface area contributed by atoms with Gasteiger partial charge in [-0.2, -0.15) is 17.4 Å². The molecule has 0 spiro atoms. The molecule has 2 N–H and O–H groups in total. The minimum atomic E-state index is -3.38. The van der Waals surface area contributed by atoms with Gasteiger partial charge in [0.1, 0.15) is 0 Å². The highest BCUT2D eigenvalue weighted by Crippen LogP contribution is 2.18. The first-order valence-electron chi connectivity index (χ1n) is 7.50. The highest BCUT2D eigenvalue weighted by atomic mass is 32.2. The molecular weight excluding hydrogens is 278 g/mol. The van der Waals surface area contributed by atoms with Gasteiger partial charge in [-0.15, -0.1) is 0 Å². The molecule has 1 aliphatic heterocycles. The Balaban J connectivity index is 2.45. The number of rotatable bonds is 9. The third kappa shape index (κ3) is 5.65. The summed E-state index contributed by atoms with van der Waals surface area (Å²) in [5.41, 5.74) is 0. The van der Waals surface area contributed by atoms with Crippen LogP contribution in [0.3, 0.4) is 0 Å². The second-order valence-corrected chi connectivity index (χ2v) is 7.04. The molecule has 0 amide bonds. The Morgan fingerprint density at radius 2 is 1.95 bits per heavy atom. The molecule has 0 aliphatic carbocycles. The summed E-state index contributed by atoms with van der Waals surface area (Å²) < 4.78 is 33.9. The van der Waals surface area contributed by atoms with Crippen LogP contribution in [0.4, 0.5) is 0 Å². The van der Waals surface area contributed by atoms with E-state index in [0.717, 1.165) is 32.4 Å². The first-order valence-corrected chi connectivity index (χ1v) is 8.94. The molecule has 1 fully saturated rings. The minimum Gasteiger partial charge on any atom is -0.383 e. The second kappa shape index (κ2) is 8.94. The van der Waals surface area contributed by atoms with Crippen molar-refractivity contribution in [2.45, 2.75) is 39.2 Å². The maximum Gasteiger partial charge on any atom is 0.279 e. The van der Waals surface area contributed by atoms with Gasteiger partial charge in [-0.05, 0) is 38.3 Å². The van der Waals surface area contributed by atoms with Crippen molar-refractivity contribution >= 4 is 10.2 Å². The zero-order chi connectivity index (χ0) is 15.0. The van der Waals surface area contributed by atoms with Crippen molar-refractivity contribution < 1.29 is 13.2 Å². The summed E-state index contributed by atoms with van der Waals surface area (Å²) in [6, 6.07) is -0.149. The summed E-state index contributed by atoms with van der Waals surface area (Å²) in [5.74, 6) is 0.586. The third-order valence-electron chi connectivity index (χ3n) is 3.77. The highest BCUT2D eigenvalue weighted by Gasteiger charge is 2.29. The fourth-order valence-corrected chi connectivity index (χ4v) is 3.92. The predicted molar refractivity (Wildman–Crippen MR) is 80.9 cm³/mol. The predicted octanol–water partition coefficient (Wildman–Crippen LogP) is 0.567. The van der Waals surface area contributed by atoms with Crippen LogP contribution >= 0.6 is 0 Å². The maximum atomic E-state index is 12.3. The molecule has 1 aliphatic rings. The molecule has 1 unspecified atom stereocenters. The molecule has 120 valence electrons. The monoisotopic (exact) mass is 307 g/mol. The van der Waals surface area contributed by atoms with Crippen LogP contribution in [0.1, 0.15) is 33.1 Å². The lowest BCUT2D eigenvalue weighted by molar-refractivity contribution is 0.171. The molecular formula is C13H29N3O3S. The first kappa shape index (κ1) is 17.8. The molecule has 0 radical (unpaired) electrons. The van der Waals surface area contributed by atoms with Crippen LogP contribution in [0.5, 0.6) is 0 Å². The van der Waals surface area contributed by atoms with Gasteiger partial charge in [0.15, 0.2) is 0 Å². The van der Waals surface area contributed by atoms with Crippen molar-refractivity contribution in [2.75, 3.05) is 39.9 Å². The van der Waals surface area contributed by atoms with Gasteiger partial charge < -0.3 is 10.1 Å². The third-order valence-corrected chi connectivity index (χ3v) is 5.45. The quantitative estimate of drug-likeness (QED) is 0.653. The van der Waals surface area contributed by atoms with Crippen LogP contribution in [0.2, 0.25) is 0 Å². The van der Waals surface area contributed by atoms with Crippen LogP contribution in [-0.4, -0.2) is 58.7 Å². The zero-order valence-electron chi connectivity index (χ0n) is 12.9. The van der Waals surface area contributed by atoms with Crippen molar-refractivity contribution in [2.24, 2.45) is 5.92 Å². The molecule has 0 saturated carbocycles. The normalized spacial score (nSPS) is 20.1. The Labute approximate surface area is 123 Å². The van der Waals surface area contributed by atoms with Crippen molar-refractivity contribution in [1.82, 2.24) is 14.3 Å². The lowest BCUT2D eigenvalue weighted by Crippen LogP contribution is -2.49. The number of piperidine rings is 1. The topological polar surface area (TPSA) is 70.7 Å². The van der Waals surface area contributed by atoms with Crippen LogP contribution in [0.15, 0.2) is 0 Å². The van der Waals surface area contributed by atoms with Gasteiger partial charge in [0.2, 0.25) is 0 Å². The molecule has 6 nitrogen and oxygen atoms in total. The molecule has 0 bridgehead atoms. The van der Waals surface area contributed by atoms with Gasteiger partial charge in [0.25, 0.3) is 10.2 Å². The van der Waals surface area contributed by atoms with E-state index in [4.69, 9.17) is 4.74 Å². The average Bonchev–Trinajstić information content (AvgIpc) is 2.45. The summed E-state index contributed by atoms with van der Waals surface area (Å²) in [7, 11) is -1.79. The number of nitrogens with zero attached hydrogens (tertiary/aromatic N) is 1. The second-order valence-electron chi connectivity index (χ2n) is 5.33. The standard InChI is InChI=1S/C13H29N3O3S/c1-4-13(11-19-3)15-20(17,18)16-8-6-12(7-9-16)10-14-5-2/h12-15H,4-11H2,1-3H3. The molecule has 1 atom stereocenters. The van der Waals surface area contributed by atoms with E-state index in [-0.39, 0.29) is 6.04 Å². The summed E-state index contributed by atoms with van der Waals surface area (Å²) in [5, 5.41) is 3.33. The fourth-order valence-electron chi connectivity index (χ4n) is 2.42. The summed E-state index contributed by atoms with van der Waals surface area (Å²) in [4.78, 5) is 0. The molecule has 0 aromatic carbocycles. The van der Waals surface area contributed by atoms with Gasteiger partial charge in [-0.1, -0.05) is 13.8 Å². The van der Waals surface area contributed by atoms with E-state index in [1.165, 1.54) is 0 Å². The number of ether oxygens (including phenoxy) is 1. The molecule has 20 heavy (non-hydrogen) atoms. The molecule has 1 rings (SSSR count). The lowest BCUT2D eigenvalue weighted by atomic mass is 9.98. The summed E-state index contributed by atoms with van der Waals surface area (Å²) in [6.45, 7) is 7.61. The largest absolute Gasteiger partial charge is 0.383 e.